The Morgan fingerprint density at radius 3 is 2.29 bits per heavy atom. The number of hydrazine groups is 1. The van der Waals surface area contributed by atoms with Crippen LogP contribution >= 0.6 is 0 Å². The summed E-state index contributed by atoms with van der Waals surface area (Å²) in [7, 11) is 0. The predicted molar refractivity (Wildman–Crippen MR) is 60.4 cm³/mol. The molecule has 0 aromatic heterocycles. The zero-order valence-corrected chi connectivity index (χ0v) is 10.1. The fourth-order valence-electron chi connectivity index (χ4n) is 2.89. The van der Waals surface area contributed by atoms with Gasteiger partial charge in [-0.3, -0.25) is 5.43 Å². The van der Waals surface area contributed by atoms with Crippen LogP contribution < -0.4 is 5.43 Å². The molecule has 0 aromatic carbocycles. The Balaban J connectivity index is 1.80. The number of halogens is 3. The van der Waals surface area contributed by atoms with Crippen molar-refractivity contribution < 1.29 is 13.2 Å². The molecule has 1 saturated carbocycles. The third-order valence-electron chi connectivity index (χ3n) is 3.86. The number of nitrogens with zero attached hydrogens (tertiary/aromatic N) is 1. The smallest absolute Gasteiger partial charge is 0.252 e. The molecule has 100 valence electrons. The van der Waals surface area contributed by atoms with Gasteiger partial charge < -0.3 is 0 Å². The average Bonchev–Trinajstić information content (AvgIpc) is 2.29. The van der Waals surface area contributed by atoms with Crippen LogP contribution in [0.4, 0.5) is 13.2 Å². The van der Waals surface area contributed by atoms with Gasteiger partial charge in [0.05, 0.1) is 5.92 Å². The summed E-state index contributed by atoms with van der Waals surface area (Å²) in [5.74, 6) is -1.10. The Hall–Kier alpha value is -0.290. The summed E-state index contributed by atoms with van der Waals surface area (Å²) in [6.07, 6.45) is 1.67. The van der Waals surface area contributed by atoms with Crippen LogP contribution in [0.2, 0.25) is 0 Å². The number of rotatable bonds is 2. The summed E-state index contributed by atoms with van der Waals surface area (Å²) >= 11 is 0. The van der Waals surface area contributed by atoms with Gasteiger partial charge in [0.25, 0.3) is 0 Å². The van der Waals surface area contributed by atoms with Gasteiger partial charge in [0.15, 0.2) is 0 Å². The fourth-order valence-corrected chi connectivity index (χ4v) is 2.89. The van der Waals surface area contributed by atoms with Crippen molar-refractivity contribution in [3.8, 4) is 0 Å². The zero-order chi connectivity index (χ0) is 12.3. The minimum Gasteiger partial charge on any atom is -0.252 e. The molecule has 1 saturated heterocycles. The summed E-state index contributed by atoms with van der Waals surface area (Å²) in [5.41, 5.74) is 3.29. The van der Waals surface area contributed by atoms with E-state index in [0.29, 0.717) is 12.8 Å². The second-order valence-electron chi connectivity index (χ2n) is 5.28. The maximum Gasteiger partial charge on any atom is 0.391 e. The molecule has 1 aliphatic carbocycles. The standard InChI is InChI=1S/C12H21F3N2/c13-12(14,15)10-5-4-6-11(9-10)16-17-7-2-1-3-8-17/h10-11,16H,1-9H2. The molecule has 2 aliphatic rings. The summed E-state index contributed by atoms with van der Waals surface area (Å²) < 4.78 is 38.0. The summed E-state index contributed by atoms with van der Waals surface area (Å²) in [4.78, 5) is 0. The molecule has 0 aromatic rings. The van der Waals surface area contributed by atoms with E-state index >= 15 is 0 Å². The molecule has 2 unspecified atom stereocenters. The molecule has 2 rings (SSSR count). The van der Waals surface area contributed by atoms with E-state index in [9.17, 15) is 13.2 Å². The van der Waals surface area contributed by atoms with Crippen LogP contribution in [-0.4, -0.2) is 30.3 Å². The molecule has 2 nitrogen and oxygen atoms in total. The van der Waals surface area contributed by atoms with Gasteiger partial charge >= 0.3 is 6.18 Å². The molecule has 0 radical (unpaired) electrons. The van der Waals surface area contributed by atoms with Crippen molar-refractivity contribution in [2.75, 3.05) is 13.1 Å². The van der Waals surface area contributed by atoms with E-state index < -0.39 is 12.1 Å². The van der Waals surface area contributed by atoms with Gasteiger partial charge in [0.2, 0.25) is 0 Å². The van der Waals surface area contributed by atoms with Crippen molar-refractivity contribution in [2.45, 2.75) is 57.2 Å². The second kappa shape index (κ2) is 5.57. The van der Waals surface area contributed by atoms with Crippen LogP contribution in [0.15, 0.2) is 0 Å². The van der Waals surface area contributed by atoms with Crippen LogP contribution in [-0.2, 0) is 0 Å². The monoisotopic (exact) mass is 250 g/mol. The Morgan fingerprint density at radius 2 is 1.65 bits per heavy atom. The van der Waals surface area contributed by atoms with E-state index in [1.54, 1.807) is 0 Å². The molecule has 0 spiro atoms. The lowest BCUT2D eigenvalue weighted by molar-refractivity contribution is -0.185. The van der Waals surface area contributed by atoms with Crippen molar-refractivity contribution in [3.63, 3.8) is 0 Å². The SMILES string of the molecule is FC(F)(F)C1CCCC(NN2CCCCC2)C1. The van der Waals surface area contributed by atoms with E-state index in [1.807, 2.05) is 0 Å². The van der Waals surface area contributed by atoms with Gasteiger partial charge in [-0.05, 0) is 32.1 Å². The first-order valence-corrected chi connectivity index (χ1v) is 6.63. The van der Waals surface area contributed by atoms with Crippen LogP contribution in [0.3, 0.4) is 0 Å². The topological polar surface area (TPSA) is 15.3 Å². The van der Waals surface area contributed by atoms with Gasteiger partial charge in [0.1, 0.15) is 0 Å². The number of hydrogen-bond acceptors (Lipinski definition) is 2. The molecular weight excluding hydrogens is 229 g/mol. The lowest BCUT2D eigenvalue weighted by Crippen LogP contribution is -2.49. The highest BCUT2D eigenvalue weighted by atomic mass is 19.4. The van der Waals surface area contributed by atoms with Crippen molar-refractivity contribution in [2.24, 2.45) is 5.92 Å². The van der Waals surface area contributed by atoms with E-state index in [-0.39, 0.29) is 12.5 Å². The largest absolute Gasteiger partial charge is 0.391 e. The van der Waals surface area contributed by atoms with Gasteiger partial charge in [0, 0.05) is 19.1 Å². The summed E-state index contributed by atoms with van der Waals surface area (Å²) in [6.45, 7) is 1.96. The maximum atomic E-state index is 12.7. The van der Waals surface area contributed by atoms with Crippen molar-refractivity contribution >= 4 is 0 Å². The van der Waals surface area contributed by atoms with Gasteiger partial charge in [-0.1, -0.05) is 12.8 Å². The maximum absolute atomic E-state index is 12.7. The number of alkyl halides is 3. The first-order valence-electron chi connectivity index (χ1n) is 6.63. The molecule has 2 atom stereocenters. The van der Waals surface area contributed by atoms with E-state index in [0.717, 1.165) is 32.4 Å². The molecule has 1 heterocycles. The normalized spacial score (nSPS) is 32.6. The lowest BCUT2D eigenvalue weighted by Gasteiger charge is -2.36. The van der Waals surface area contributed by atoms with E-state index in [2.05, 4.69) is 10.4 Å². The average molecular weight is 250 g/mol. The van der Waals surface area contributed by atoms with Gasteiger partial charge in [-0.15, -0.1) is 0 Å². The number of hydrogen-bond donors (Lipinski definition) is 1. The van der Waals surface area contributed by atoms with Crippen molar-refractivity contribution in [1.29, 1.82) is 0 Å². The predicted octanol–water partition coefficient (Wildman–Crippen LogP) is 3.10. The zero-order valence-electron chi connectivity index (χ0n) is 10.1. The molecule has 1 N–H and O–H groups in total. The first-order chi connectivity index (χ1) is 8.05. The third-order valence-corrected chi connectivity index (χ3v) is 3.86. The van der Waals surface area contributed by atoms with Crippen LogP contribution in [0.1, 0.15) is 44.9 Å². The Labute approximate surface area is 101 Å². The Kier molecular flexibility index (Phi) is 4.31. The molecule has 2 fully saturated rings. The highest BCUT2D eigenvalue weighted by Crippen LogP contribution is 2.37. The van der Waals surface area contributed by atoms with Crippen LogP contribution in [0.5, 0.6) is 0 Å². The highest BCUT2D eigenvalue weighted by Gasteiger charge is 2.42. The number of nitrogens with one attached hydrogen (secondary N) is 1. The third kappa shape index (κ3) is 3.85. The number of piperidine rings is 1. The molecular formula is C12H21F3N2. The highest BCUT2D eigenvalue weighted by molar-refractivity contribution is 4.81. The van der Waals surface area contributed by atoms with Crippen molar-refractivity contribution in [1.82, 2.24) is 10.4 Å². The molecule has 17 heavy (non-hydrogen) atoms. The van der Waals surface area contributed by atoms with E-state index in [4.69, 9.17) is 0 Å². The minimum atomic E-state index is -4.01. The fraction of sp³-hybridized carbons (Fsp3) is 1.00. The minimum absolute atomic E-state index is 0.0217. The van der Waals surface area contributed by atoms with E-state index in [1.165, 1.54) is 6.42 Å². The molecule has 0 bridgehead atoms. The Morgan fingerprint density at radius 1 is 0.941 bits per heavy atom. The second-order valence-corrected chi connectivity index (χ2v) is 5.28. The summed E-state index contributed by atoms with van der Waals surface area (Å²) in [5, 5.41) is 2.12. The lowest BCUT2D eigenvalue weighted by atomic mass is 9.85. The van der Waals surface area contributed by atoms with Crippen LogP contribution in [0.25, 0.3) is 0 Å². The van der Waals surface area contributed by atoms with Crippen molar-refractivity contribution in [3.05, 3.63) is 0 Å². The summed E-state index contributed by atoms with van der Waals surface area (Å²) in [6, 6.07) is 0.0217. The Bertz CT molecular complexity index is 236. The first kappa shape index (κ1) is 13.1. The molecule has 0 amide bonds. The molecule has 1 aliphatic heterocycles. The quantitative estimate of drug-likeness (QED) is 0.810. The molecule has 5 heteroatoms. The van der Waals surface area contributed by atoms with Gasteiger partial charge in [-0.25, -0.2) is 5.01 Å². The van der Waals surface area contributed by atoms with Gasteiger partial charge in [-0.2, -0.15) is 13.2 Å². The van der Waals surface area contributed by atoms with Crippen LogP contribution in [0, 0.1) is 5.92 Å².